The quantitative estimate of drug-likeness (QED) is 0.403. The maximum absolute atomic E-state index is 4.66. The van der Waals surface area contributed by atoms with Gasteiger partial charge in [-0.3, -0.25) is 0 Å². The Balaban J connectivity index is 1.73. The van der Waals surface area contributed by atoms with E-state index in [-0.39, 0.29) is 0 Å². The summed E-state index contributed by atoms with van der Waals surface area (Å²) in [5, 5.41) is 10.4. The van der Waals surface area contributed by atoms with Gasteiger partial charge >= 0.3 is 0 Å². The first-order valence-electron chi connectivity index (χ1n) is 8.68. The van der Waals surface area contributed by atoms with E-state index in [0.717, 1.165) is 27.8 Å². The number of fused-ring (bicyclic) bond motifs is 4. The van der Waals surface area contributed by atoms with Crippen LogP contribution in [0.15, 0.2) is 95.1 Å². The van der Waals surface area contributed by atoms with Gasteiger partial charge < -0.3 is 4.57 Å². The molecule has 0 N–H and O–H groups in total. The van der Waals surface area contributed by atoms with Crippen LogP contribution in [-0.2, 0) is 7.05 Å². The minimum absolute atomic E-state index is 0.832. The molecule has 0 atom stereocenters. The number of pyridine rings is 1. The second-order valence-electron chi connectivity index (χ2n) is 6.45. The van der Waals surface area contributed by atoms with Gasteiger partial charge in [0.25, 0.3) is 0 Å². The lowest BCUT2D eigenvalue weighted by molar-refractivity contribution is 0.853. The van der Waals surface area contributed by atoms with Crippen LogP contribution in [0.25, 0.3) is 22.0 Å². The van der Waals surface area contributed by atoms with Crippen molar-refractivity contribution < 1.29 is 0 Å². The van der Waals surface area contributed by atoms with E-state index in [1.54, 1.807) is 0 Å². The average molecular weight is 335 g/mol. The molecule has 1 aliphatic rings. The molecule has 0 aliphatic heterocycles. The van der Waals surface area contributed by atoms with E-state index in [1.165, 1.54) is 16.5 Å². The van der Waals surface area contributed by atoms with Gasteiger partial charge in [0.2, 0.25) is 0 Å². The van der Waals surface area contributed by atoms with Crippen molar-refractivity contribution in [3.05, 3.63) is 102 Å². The first kappa shape index (κ1) is 14.8. The second kappa shape index (κ2) is 5.81. The Kier molecular flexibility index (Phi) is 3.32. The topological polar surface area (TPSA) is 29.6 Å². The molecule has 0 unspecified atom stereocenters. The van der Waals surface area contributed by atoms with Gasteiger partial charge in [0.05, 0.1) is 0 Å². The van der Waals surface area contributed by atoms with E-state index >= 15 is 0 Å². The van der Waals surface area contributed by atoms with Gasteiger partial charge in [-0.05, 0) is 34.7 Å². The highest BCUT2D eigenvalue weighted by atomic mass is 15.2. The van der Waals surface area contributed by atoms with Crippen LogP contribution in [0.1, 0.15) is 11.1 Å². The van der Waals surface area contributed by atoms with Crippen LogP contribution in [-0.4, -0.2) is 10.3 Å². The molecule has 1 heterocycles. The molecule has 26 heavy (non-hydrogen) atoms. The van der Waals surface area contributed by atoms with Crippen molar-refractivity contribution in [2.24, 2.45) is 17.3 Å². The summed E-state index contributed by atoms with van der Waals surface area (Å²) >= 11 is 0. The Morgan fingerprint density at radius 3 is 1.85 bits per heavy atom. The zero-order valence-corrected chi connectivity index (χ0v) is 14.4. The van der Waals surface area contributed by atoms with Crippen LogP contribution < -0.4 is 5.49 Å². The van der Waals surface area contributed by atoms with Crippen molar-refractivity contribution in [2.45, 2.75) is 0 Å². The smallest absolute Gasteiger partial charge is 0.155 e. The Morgan fingerprint density at radius 2 is 1.15 bits per heavy atom. The van der Waals surface area contributed by atoms with E-state index < -0.39 is 0 Å². The fourth-order valence-electron chi connectivity index (χ4n) is 3.64. The van der Waals surface area contributed by atoms with Gasteiger partial charge in [0.1, 0.15) is 5.71 Å². The molecule has 4 aromatic rings. The van der Waals surface area contributed by atoms with Crippen LogP contribution in [0.2, 0.25) is 0 Å². The number of hydrogen-bond donors (Lipinski definition) is 0. The van der Waals surface area contributed by atoms with E-state index in [4.69, 9.17) is 0 Å². The van der Waals surface area contributed by atoms with E-state index in [0.29, 0.717) is 0 Å². The molecule has 1 aliphatic carbocycles. The van der Waals surface area contributed by atoms with Crippen molar-refractivity contribution in [2.75, 3.05) is 0 Å². The highest BCUT2D eigenvalue weighted by molar-refractivity contribution is 6.24. The normalized spacial score (nSPS) is 13.0. The molecule has 0 spiro atoms. The third-order valence-electron chi connectivity index (χ3n) is 4.96. The first-order chi connectivity index (χ1) is 12.8. The standard InChI is InChI=1S/C23H17N3/c1-26-21-13-7-2-8-16(21)14-15-22(26)24-25-23-19-11-5-3-9-17(19)18-10-4-6-12-20(18)23/h2-15H,1H3. The van der Waals surface area contributed by atoms with Crippen molar-refractivity contribution in [3.8, 4) is 11.1 Å². The summed E-state index contributed by atoms with van der Waals surface area (Å²) in [6.07, 6.45) is 0. The second-order valence-corrected chi connectivity index (χ2v) is 6.45. The fourth-order valence-corrected chi connectivity index (χ4v) is 3.64. The predicted octanol–water partition coefficient (Wildman–Crippen LogP) is 4.51. The number of aromatic nitrogens is 1. The third-order valence-corrected chi connectivity index (χ3v) is 4.96. The predicted molar refractivity (Wildman–Crippen MR) is 106 cm³/mol. The molecule has 0 fully saturated rings. The molecule has 1 aromatic heterocycles. The minimum atomic E-state index is 0.832. The number of nitrogens with zero attached hydrogens (tertiary/aromatic N) is 3. The molecular weight excluding hydrogens is 318 g/mol. The van der Waals surface area contributed by atoms with Crippen molar-refractivity contribution in [3.63, 3.8) is 0 Å². The average Bonchev–Trinajstić information content (AvgIpc) is 3.02. The van der Waals surface area contributed by atoms with Crippen LogP contribution in [0, 0.1) is 0 Å². The van der Waals surface area contributed by atoms with Crippen LogP contribution in [0.4, 0.5) is 0 Å². The van der Waals surface area contributed by atoms with E-state index in [2.05, 4.69) is 81.5 Å². The molecule has 3 nitrogen and oxygen atoms in total. The molecule has 0 saturated heterocycles. The highest BCUT2D eigenvalue weighted by Crippen LogP contribution is 2.36. The minimum Gasteiger partial charge on any atom is -0.327 e. The first-order valence-corrected chi connectivity index (χ1v) is 8.68. The Bertz CT molecular complexity index is 1200. The number of aryl methyl sites for hydroxylation is 1. The molecule has 124 valence electrons. The van der Waals surface area contributed by atoms with Crippen molar-refractivity contribution >= 4 is 16.6 Å². The molecule has 0 amide bonds. The Hall–Kier alpha value is -3.46. The maximum atomic E-state index is 4.66. The van der Waals surface area contributed by atoms with Gasteiger partial charge in [-0.2, -0.15) is 0 Å². The molecule has 3 aromatic carbocycles. The van der Waals surface area contributed by atoms with Crippen LogP contribution in [0.3, 0.4) is 0 Å². The summed E-state index contributed by atoms with van der Waals surface area (Å²) in [7, 11) is 2.03. The maximum Gasteiger partial charge on any atom is 0.155 e. The lowest BCUT2D eigenvalue weighted by Gasteiger charge is -2.05. The summed E-state index contributed by atoms with van der Waals surface area (Å²) in [5.41, 5.74) is 7.63. The largest absolute Gasteiger partial charge is 0.327 e. The fraction of sp³-hybridized carbons (Fsp3) is 0.0435. The molecule has 0 saturated carbocycles. The lowest BCUT2D eigenvalue weighted by atomic mass is 10.1. The van der Waals surface area contributed by atoms with Crippen LogP contribution >= 0.6 is 0 Å². The molecule has 5 rings (SSSR count). The number of para-hydroxylation sites is 1. The molecular formula is C23H17N3. The van der Waals surface area contributed by atoms with E-state index in [9.17, 15) is 0 Å². The van der Waals surface area contributed by atoms with E-state index in [1.807, 2.05) is 25.2 Å². The summed E-state index contributed by atoms with van der Waals surface area (Å²) in [4.78, 5) is 0. The zero-order chi connectivity index (χ0) is 17.5. The Morgan fingerprint density at radius 1 is 0.577 bits per heavy atom. The van der Waals surface area contributed by atoms with Gasteiger partial charge in [-0.25, -0.2) is 0 Å². The van der Waals surface area contributed by atoms with Gasteiger partial charge in [0, 0.05) is 23.7 Å². The van der Waals surface area contributed by atoms with Crippen molar-refractivity contribution in [1.29, 1.82) is 0 Å². The lowest BCUT2D eigenvalue weighted by Crippen LogP contribution is -2.17. The molecule has 0 radical (unpaired) electrons. The van der Waals surface area contributed by atoms with Gasteiger partial charge in [-0.15, -0.1) is 10.2 Å². The summed E-state index contributed by atoms with van der Waals surface area (Å²) in [6.45, 7) is 0. The van der Waals surface area contributed by atoms with Gasteiger partial charge in [-0.1, -0.05) is 66.7 Å². The van der Waals surface area contributed by atoms with Crippen LogP contribution in [0.5, 0.6) is 0 Å². The monoisotopic (exact) mass is 335 g/mol. The summed E-state index contributed by atoms with van der Waals surface area (Å²) in [6, 6.07) is 29.2. The number of rotatable bonds is 1. The summed E-state index contributed by atoms with van der Waals surface area (Å²) in [5.74, 6) is 0. The highest BCUT2D eigenvalue weighted by Gasteiger charge is 2.23. The number of benzene rings is 3. The SMILES string of the molecule is Cn1c(=NN=C2c3ccccc3-c3ccccc32)ccc2ccccc21. The van der Waals surface area contributed by atoms with Gasteiger partial charge in [0.15, 0.2) is 5.49 Å². The number of hydrogen-bond acceptors (Lipinski definition) is 2. The Labute approximate surface area is 151 Å². The van der Waals surface area contributed by atoms with Crippen molar-refractivity contribution in [1.82, 2.24) is 4.57 Å². The zero-order valence-electron chi connectivity index (χ0n) is 14.4. The molecule has 3 heteroatoms. The third kappa shape index (κ3) is 2.21. The molecule has 0 bridgehead atoms. The summed E-state index contributed by atoms with van der Waals surface area (Å²) < 4.78 is 2.08.